The quantitative estimate of drug-likeness (QED) is 0.157. The molecule has 0 N–H and O–H groups in total. The number of carbonyl (C=O) groups excluding carboxylic acids is 2. The first kappa shape index (κ1) is 25.1. The van der Waals surface area contributed by atoms with Crippen LogP contribution in [0, 0.1) is 33.8 Å². The van der Waals surface area contributed by atoms with Crippen molar-refractivity contribution in [3.8, 4) is 11.5 Å². The van der Waals surface area contributed by atoms with Crippen LogP contribution in [0.2, 0.25) is 0 Å². The van der Waals surface area contributed by atoms with Gasteiger partial charge in [-0.3, -0.25) is 19.7 Å². The summed E-state index contributed by atoms with van der Waals surface area (Å²) in [7, 11) is 3.23. The minimum atomic E-state index is -0.545. The molecule has 1 saturated carbocycles. The number of anilines is 1. The highest BCUT2D eigenvalue weighted by atomic mass is 79.9. The molecular formula is C30H23BrN2O6. The van der Waals surface area contributed by atoms with Gasteiger partial charge in [0.1, 0.15) is 11.5 Å². The third kappa shape index (κ3) is 3.87. The van der Waals surface area contributed by atoms with Crippen molar-refractivity contribution in [1.29, 1.82) is 0 Å². The van der Waals surface area contributed by atoms with Gasteiger partial charge in [-0.15, -0.1) is 0 Å². The fourth-order valence-corrected chi connectivity index (χ4v) is 6.68. The van der Waals surface area contributed by atoms with Crippen LogP contribution in [0.25, 0.3) is 5.57 Å². The number of imide groups is 1. The number of nitrogens with zero attached hydrogens (tertiary/aromatic N) is 2. The molecule has 4 atom stereocenters. The van der Waals surface area contributed by atoms with E-state index in [4.69, 9.17) is 9.47 Å². The van der Waals surface area contributed by atoms with Gasteiger partial charge in [0.15, 0.2) is 0 Å². The number of amides is 2. The van der Waals surface area contributed by atoms with Gasteiger partial charge >= 0.3 is 0 Å². The Kier molecular flexibility index (Phi) is 6.10. The van der Waals surface area contributed by atoms with E-state index >= 15 is 0 Å². The molecular weight excluding hydrogens is 564 g/mol. The summed E-state index contributed by atoms with van der Waals surface area (Å²) >= 11 is 3.33. The van der Waals surface area contributed by atoms with Gasteiger partial charge in [-0.05, 0) is 68.5 Å². The molecule has 2 amide bonds. The van der Waals surface area contributed by atoms with Gasteiger partial charge in [-0.25, -0.2) is 4.90 Å². The molecule has 1 aliphatic heterocycles. The predicted octanol–water partition coefficient (Wildman–Crippen LogP) is 5.80. The largest absolute Gasteiger partial charge is 0.497 e. The Morgan fingerprint density at radius 2 is 1.31 bits per heavy atom. The topological polar surface area (TPSA) is 99.0 Å². The summed E-state index contributed by atoms with van der Waals surface area (Å²) in [5.41, 5.74) is 4.15. The maximum atomic E-state index is 13.8. The summed E-state index contributed by atoms with van der Waals surface area (Å²) in [6.45, 7) is 0. The summed E-state index contributed by atoms with van der Waals surface area (Å²) in [4.78, 5) is 39.5. The molecule has 6 rings (SSSR count). The molecule has 2 fully saturated rings. The third-order valence-electron chi connectivity index (χ3n) is 7.84. The van der Waals surface area contributed by atoms with Crippen molar-refractivity contribution in [2.45, 2.75) is 0 Å². The number of ether oxygens (including phenoxy) is 2. The zero-order valence-electron chi connectivity index (χ0n) is 21.0. The predicted molar refractivity (Wildman–Crippen MR) is 148 cm³/mol. The molecule has 3 aromatic rings. The van der Waals surface area contributed by atoms with Crippen LogP contribution in [0.15, 0.2) is 88.9 Å². The fraction of sp³-hybridized carbons (Fsp3) is 0.200. The molecule has 3 aliphatic rings. The van der Waals surface area contributed by atoms with Gasteiger partial charge in [0.2, 0.25) is 11.8 Å². The minimum Gasteiger partial charge on any atom is -0.497 e. The lowest BCUT2D eigenvalue weighted by Gasteiger charge is -2.22. The molecule has 196 valence electrons. The van der Waals surface area contributed by atoms with E-state index in [0.717, 1.165) is 33.8 Å². The number of nitro benzene ring substituents is 1. The number of methoxy groups -OCH3 is 2. The number of hydrogen-bond donors (Lipinski definition) is 0. The molecule has 2 aliphatic carbocycles. The van der Waals surface area contributed by atoms with Crippen molar-refractivity contribution in [2.24, 2.45) is 23.7 Å². The maximum absolute atomic E-state index is 13.8. The van der Waals surface area contributed by atoms with Crippen molar-refractivity contribution in [3.63, 3.8) is 0 Å². The van der Waals surface area contributed by atoms with Gasteiger partial charge in [0, 0.05) is 28.4 Å². The first-order chi connectivity index (χ1) is 18.8. The smallest absolute Gasteiger partial charge is 0.270 e. The molecule has 1 saturated heterocycles. The molecule has 3 aromatic carbocycles. The first-order valence-corrected chi connectivity index (χ1v) is 13.2. The number of benzene rings is 3. The zero-order valence-corrected chi connectivity index (χ0v) is 22.6. The minimum absolute atomic E-state index is 0.125. The summed E-state index contributed by atoms with van der Waals surface area (Å²) in [5.74, 6) is -0.716. The summed E-state index contributed by atoms with van der Waals surface area (Å²) < 4.78 is 11.0. The number of rotatable bonds is 6. The molecule has 0 aromatic heterocycles. The van der Waals surface area contributed by atoms with E-state index in [-0.39, 0.29) is 29.3 Å². The molecule has 2 bridgehead atoms. The van der Waals surface area contributed by atoms with Crippen LogP contribution in [-0.2, 0) is 9.59 Å². The zero-order chi connectivity index (χ0) is 27.4. The number of hydrogen-bond acceptors (Lipinski definition) is 6. The lowest BCUT2D eigenvalue weighted by atomic mass is 9.85. The van der Waals surface area contributed by atoms with Gasteiger partial charge < -0.3 is 9.47 Å². The summed E-state index contributed by atoms with van der Waals surface area (Å²) in [6, 6.07) is 19.6. The highest BCUT2D eigenvalue weighted by Crippen LogP contribution is 2.59. The van der Waals surface area contributed by atoms with E-state index in [0.29, 0.717) is 10.2 Å². The number of nitro groups is 1. The SMILES string of the molecule is COc1ccc(C(=C2[C@H]3C=C[C@H]2[C@H]2C(=O)N(c4ccc([N+](=O)[O-])cc4Br)C(=O)[C@H]23)c2ccc(OC)cc2)cc1. The van der Waals surface area contributed by atoms with Crippen LogP contribution in [0.4, 0.5) is 11.4 Å². The average Bonchev–Trinajstić information content (AvgIpc) is 3.58. The number of carbonyl (C=O) groups is 2. The first-order valence-electron chi connectivity index (χ1n) is 12.4. The molecule has 9 heteroatoms. The van der Waals surface area contributed by atoms with Crippen LogP contribution in [0.3, 0.4) is 0 Å². The summed E-state index contributed by atoms with van der Waals surface area (Å²) in [5, 5.41) is 11.2. The highest BCUT2D eigenvalue weighted by Gasteiger charge is 2.62. The third-order valence-corrected chi connectivity index (χ3v) is 8.48. The van der Waals surface area contributed by atoms with E-state index in [1.165, 1.54) is 23.1 Å². The van der Waals surface area contributed by atoms with Crippen LogP contribution in [-0.4, -0.2) is 31.0 Å². The van der Waals surface area contributed by atoms with E-state index in [1.807, 2.05) is 60.7 Å². The highest BCUT2D eigenvalue weighted by molar-refractivity contribution is 9.10. The molecule has 8 nitrogen and oxygen atoms in total. The van der Waals surface area contributed by atoms with Gasteiger partial charge in [-0.1, -0.05) is 36.4 Å². The van der Waals surface area contributed by atoms with E-state index < -0.39 is 16.8 Å². The van der Waals surface area contributed by atoms with Crippen molar-refractivity contribution >= 4 is 44.7 Å². The molecule has 0 spiro atoms. The van der Waals surface area contributed by atoms with E-state index in [2.05, 4.69) is 15.9 Å². The van der Waals surface area contributed by atoms with E-state index in [1.54, 1.807) is 14.2 Å². The van der Waals surface area contributed by atoms with Gasteiger partial charge in [0.25, 0.3) is 5.69 Å². The lowest BCUT2D eigenvalue weighted by molar-refractivity contribution is -0.384. The Morgan fingerprint density at radius 1 is 0.821 bits per heavy atom. The normalized spacial score (nSPS) is 22.8. The monoisotopic (exact) mass is 586 g/mol. The number of allylic oxidation sites excluding steroid dienone is 3. The van der Waals surface area contributed by atoms with Crippen LogP contribution in [0.1, 0.15) is 11.1 Å². The number of halogens is 1. The lowest BCUT2D eigenvalue weighted by Crippen LogP contribution is -2.33. The van der Waals surface area contributed by atoms with Crippen LogP contribution in [0.5, 0.6) is 11.5 Å². The second-order valence-corrected chi connectivity index (χ2v) is 10.5. The Morgan fingerprint density at radius 3 is 1.72 bits per heavy atom. The maximum Gasteiger partial charge on any atom is 0.270 e. The van der Waals surface area contributed by atoms with Crippen molar-refractivity contribution in [1.82, 2.24) is 0 Å². The molecule has 0 unspecified atom stereocenters. The van der Waals surface area contributed by atoms with Crippen LogP contribution < -0.4 is 14.4 Å². The second kappa shape index (κ2) is 9.50. The van der Waals surface area contributed by atoms with Crippen molar-refractivity contribution in [2.75, 3.05) is 19.1 Å². The van der Waals surface area contributed by atoms with E-state index in [9.17, 15) is 19.7 Å². The van der Waals surface area contributed by atoms with Crippen molar-refractivity contribution in [3.05, 3.63) is 110 Å². The Balaban J connectivity index is 1.45. The molecule has 0 radical (unpaired) electrons. The van der Waals surface area contributed by atoms with Gasteiger partial charge in [-0.2, -0.15) is 0 Å². The Hall–Kier alpha value is -4.24. The summed E-state index contributed by atoms with van der Waals surface area (Å²) in [6.07, 6.45) is 4.07. The van der Waals surface area contributed by atoms with Crippen molar-refractivity contribution < 1.29 is 24.0 Å². The average molecular weight is 587 g/mol. The Labute approximate surface area is 232 Å². The standard InChI is InChI=1S/C30H23BrN2O6/c1-38-19-8-3-16(4-9-19)25(17-5-10-20(39-2)11-6-17)26-21-12-13-22(26)28-27(21)29(34)32(30(28)35)24-14-7-18(33(36)37)15-23(24)31/h3-15,21-22,27-28H,1-2H3/t21-,22-,27-,28+/m1/s1. The number of non-ortho nitro benzene ring substituents is 1. The molecule has 39 heavy (non-hydrogen) atoms. The van der Waals surface area contributed by atoms with Gasteiger partial charge in [0.05, 0.1) is 36.7 Å². The van der Waals surface area contributed by atoms with Crippen LogP contribution >= 0.6 is 15.9 Å². The molecule has 1 heterocycles. The Bertz CT molecular complexity index is 1490. The fourth-order valence-electron chi connectivity index (χ4n) is 6.14. The number of fused-ring (bicyclic) bond motifs is 5. The second-order valence-electron chi connectivity index (χ2n) is 9.68.